The van der Waals surface area contributed by atoms with E-state index in [1.54, 1.807) is 12.1 Å². The van der Waals surface area contributed by atoms with Crippen molar-refractivity contribution in [3.63, 3.8) is 0 Å². The first kappa shape index (κ1) is 14.0. The van der Waals surface area contributed by atoms with Gasteiger partial charge >= 0.3 is 0 Å². The van der Waals surface area contributed by atoms with Crippen LogP contribution in [0.5, 0.6) is 0 Å². The van der Waals surface area contributed by atoms with Gasteiger partial charge in [-0.15, -0.1) is 0 Å². The van der Waals surface area contributed by atoms with Crippen LogP contribution in [-0.4, -0.2) is 5.91 Å². The standard InChI is InChI=1S/C15H21FN2O/c1-14(2)12(15(14,3)4)13(19)18-11-6-5-9(8-17)7-10(11)16/h5-7,12H,8,17H2,1-4H3,(H,18,19). The van der Waals surface area contributed by atoms with E-state index in [1.165, 1.54) is 6.07 Å². The molecule has 1 saturated carbocycles. The number of carbonyl (C=O) groups is 1. The van der Waals surface area contributed by atoms with Gasteiger partial charge in [-0.2, -0.15) is 0 Å². The smallest absolute Gasteiger partial charge is 0.228 e. The summed E-state index contributed by atoms with van der Waals surface area (Å²) in [6.45, 7) is 8.53. The van der Waals surface area contributed by atoms with Gasteiger partial charge in [-0.1, -0.05) is 33.8 Å². The van der Waals surface area contributed by atoms with Crippen molar-refractivity contribution in [2.24, 2.45) is 22.5 Å². The third-order valence-corrected chi connectivity index (χ3v) is 4.81. The van der Waals surface area contributed by atoms with E-state index in [0.29, 0.717) is 5.56 Å². The van der Waals surface area contributed by atoms with E-state index in [2.05, 4.69) is 33.0 Å². The van der Waals surface area contributed by atoms with Gasteiger partial charge in [0.05, 0.1) is 5.69 Å². The minimum Gasteiger partial charge on any atom is -0.326 e. The van der Waals surface area contributed by atoms with Crippen molar-refractivity contribution in [3.05, 3.63) is 29.6 Å². The molecule has 1 aromatic carbocycles. The quantitative estimate of drug-likeness (QED) is 0.882. The van der Waals surface area contributed by atoms with Crippen LogP contribution in [-0.2, 0) is 11.3 Å². The molecule has 0 aliphatic heterocycles. The zero-order chi connectivity index (χ0) is 14.4. The van der Waals surface area contributed by atoms with Crippen LogP contribution in [0.25, 0.3) is 0 Å². The summed E-state index contributed by atoms with van der Waals surface area (Å²) in [6, 6.07) is 4.65. The molecule has 0 heterocycles. The maximum Gasteiger partial charge on any atom is 0.228 e. The summed E-state index contributed by atoms with van der Waals surface area (Å²) >= 11 is 0. The maximum atomic E-state index is 13.8. The van der Waals surface area contributed by atoms with Crippen molar-refractivity contribution in [1.29, 1.82) is 0 Å². The number of hydrogen-bond acceptors (Lipinski definition) is 2. The molecule has 2 rings (SSSR count). The molecule has 1 fully saturated rings. The van der Waals surface area contributed by atoms with Gasteiger partial charge in [0.2, 0.25) is 5.91 Å². The largest absolute Gasteiger partial charge is 0.326 e. The summed E-state index contributed by atoms with van der Waals surface area (Å²) in [5.74, 6) is -0.643. The van der Waals surface area contributed by atoms with E-state index in [-0.39, 0.29) is 34.9 Å². The van der Waals surface area contributed by atoms with Crippen molar-refractivity contribution < 1.29 is 9.18 Å². The van der Waals surface area contributed by atoms with Crippen LogP contribution in [0, 0.1) is 22.6 Å². The number of rotatable bonds is 3. The highest BCUT2D eigenvalue weighted by Crippen LogP contribution is 2.68. The van der Waals surface area contributed by atoms with E-state index < -0.39 is 5.82 Å². The Morgan fingerprint density at radius 1 is 1.32 bits per heavy atom. The molecule has 104 valence electrons. The zero-order valence-electron chi connectivity index (χ0n) is 11.9. The number of benzene rings is 1. The maximum absolute atomic E-state index is 13.8. The SMILES string of the molecule is CC1(C)C(C(=O)Nc2ccc(CN)cc2F)C1(C)C. The van der Waals surface area contributed by atoms with Crippen molar-refractivity contribution in [3.8, 4) is 0 Å². The Morgan fingerprint density at radius 2 is 1.89 bits per heavy atom. The Kier molecular flexibility index (Phi) is 3.17. The second-order valence-corrected chi connectivity index (χ2v) is 6.38. The van der Waals surface area contributed by atoms with Crippen LogP contribution in [0.2, 0.25) is 0 Å². The minimum atomic E-state index is -0.437. The topological polar surface area (TPSA) is 55.1 Å². The number of nitrogens with two attached hydrogens (primary N) is 1. The number of hydrogen-bond donors (Lipinski definition) is 2. The molecule has 0 spiro atoms. The van der Waals surface area contributed by atoms with E-state index in [4.69, 9.17) is 5.73 Å². The third-order valence-electron chi connectivity index (χ3n) is 4.81. The van der Waals surface area contributed by atoms with Gasteiger partial charge in [-0.25, -0.2) is 4.39 Å². The van der Waals surface area contributed by atoms with Crippen LogP contribution in [0.3, 0.4) is 0 Å². The molecule has 0 saturated heterocycles. The normalized spacial score (nSPS) is 20.1. The lowest BCUT2D eigenvalue weighted by atomic mass is 10.0. The van der Waals surface area contributed by atoms with Crippen molar-refractivity contribution >= 4 is 11.6 Å². The Bertz CT molecular complexity index is 509. The van der Waals surface area contributed by atoms with E-state index >= 15 is 0 Å². The van der Waals surface area contributed by atoms with Gasteiger partial charge in [0.15, 0.2) is 0 Å². The molecule has 1 amide bonds. The van der Waals surface area contributed by atoms with Gasteiger partial charge in [0, 0.05) is 12.5 Å². The monoisotopic (exact) mass is 264 g/mol. The van der Waals surface area contributed by atoms with Crippen molar-refractivity contribution in [1.82, 2.24) is 0 Å². The fourth-order valence-electron chi connectivity index (χ4n) is 2.84. The lowest BCUT2D eigenvalue weighted by molar-refractivity contribution is -0.118. The van der Waals surface area contributed by atoms with Gasteiger partial charge in [-0.05, 0) is 28.5 Å². The highest BCUT2D eigenvalue weighted by Gasteiger charge is 2.68. The fourth-order valence-corrected chi connectivity index (χ4v) is 2.84. The Hall–Kier alpha value is -1.42. The van der Waals surface area contributed by atoms with Gasteiger partial charge in [-0.3, -0.25) is 4.79 Å². The molecule has 1 aromatic rings. The van der Waals surface area contributed by atoms with Crippen LogP contribution in [0.1, 0.15) is 33.3 Å². The molecule has 1 aliphatic carbocycles. The van der Waals surface area contributed by atoms with Gasteiger partial charge in [0.1, 0.15) is 5.82 Å². The molecule has 0 aromatic heterocycles. The number of anilines is 1. The summed E-state index contributed by atoms with van der Waals surface area (Å²) in [6.07, 6.45) is 0. The molecule has 1 aliphatic rings. The second-order valence-electron chi connectivity index (χ2n) is 6.38. The number of carbonyl (C=O) groups excluding carboxylic acids is 1. The average molecular weight is 264 g/mol. The highest BCUT2D eigenvalue weighted by atomic mass is 19.1. The van der Waals surface area contributed by atoms with Gasteiger partial charge in [0.25, 0.3) is 0 Å². The Labute approximate surface area is 113 Å². The van der Waals surface area contributed by atoms with E-state index in [0.717, 1.165) is 0 Å². The highest BCUT2D eigenvalue weighted by molar-refractivity contribution is 5.96. The molecule has 0 bridgehead atoms. The summed E-state index contributed by atoms with van der Waals surface area (Å²) in [7, 11) is 0. The zero-order valence-corrected chi connectivity index (χ0v) is 11.9. The summed E-state index contributed by atoms with van der Waals surface area (Å²) in [5, 5.41) is 2.68. The molecule has 19 heavy (non-hydrogen) atoms. The predicted molar refractivity (Wildman–Crippen MR) is 74.0 cm³/mol. The molecular formula is C15H21FN2O. The number of halogens is 1. The first-order valence-electron chi connectivity index (χ1n) is 6.51. The first-order valence-corrected chi connectivity index (χ1v) is 6.51. The van der Waals surface area contributed by atoms with Crippen molar-refractivity contribution in [2.45, 2.75) is 34.2 Å². The summed E-state index contributed by atoms with van der Waals surface area (Å²) < 4.78 is 13.8. The van der Waals surface area contributed by atoms with Crippen molar-refractivity contribution in [2.75, 3.05) is 5.32 Å². The van der Waals surface area contributed by atoms with E-state index in [1.807, 2.05) is 0 Å². The number of amides is 1. The summed E-state index contributed by atoms with van der Waals surface area (Å²) in [4.78, 5) is 12.2. The van der Waals surface area contributed by atoms with E-state index in [9.17, 15) is 9.18 Å². The third kappa shape index (κ3) is 2.14. The molecule has 0 atom stereocenters. The van der Waals surface area contributed by atoms with Gasteiger partial charge < -0.3 is 11.1 Å². The fraction of sp³-hybridized carbons (Fsp3) is 0.533. The average Bonchev–Trinajstić information content (AvgIpc) is 2.72. The molecule has 0 radical (unpaired) electrons. The molecule has 0 unspecified atom stereocenters. The summed E-state index contributed by atoms with van der Waals surface area (Å²) in [5.41, 5.74) is 6.28. The van der Waals surface area contributed by atoms with Crippen LogP contribution in [0.4, 0.5) is 10.1 Å². The van der Waals surface area contributed by atoms with Crippen LogP contribution >= 0.6 is 0 Å². The van der Waals surface area contributed by atoms with Crippen LogP contribution < -0.4 is 11.1 Å². The molecular weight excluding hydrogens is 243 g/mol. The second kappa shape index (κ2) is 4.30. The molecule has 4 heteroatoms. The minimum absolute atomic E-state index is 0.0508. The van der Waals surface area contributed by atoms with Crippen LogP contribution in [0.15, 0.2) is 18.2 Å². The molecule has 3 N–H and O–H groups in total. The first-order chi connectivity index (χ1) is 8.71. The molecule has 3 nitrogen and oxygen atoms in total. The Balaban J connectivity index is 2.13. The predicted octanol–water partition coefficient (Wildman–Crippen LogP) is 2.91. The number of nitrogens with one attached hydrogen (secondary N) is 1. The Morgan fingerprint density at radius 3 is 2.32 bits per heavy atom. The lowest BCUT2D eigenvalue weighted by Crippen LogP contribution is -2.18. The lowest BCUT2D eigenvalue weighted by Gasteiger charge is -2.08.